The Hall–Kier alpha value is -1.36. The van der Waals surface area contributed by atoms with Crippen LogP contribution in [0, 0.1) is 16.4 Å². The van der Waals surface area contributed by atoms with Crippen molar-refractivity contribution in [2.75, 3.05) is 0 Å². The summed E-state index contributed by atoms with van der Waals surface area (Å²) in [5.41, 5.74) is 3.34. The Bertz CT molecular complexity index is 525. The highest BCUT2D eigenvalue weighted by molar-refractivity contribution is 14.1. The van der Waals surface area contributed by atoms with E-state index in [1.54, 1.807) is 0 Å². The topological polar surface area (TPSA) is 37.3 Å². The van der Waals surface area contributed by atoms with Gasteiger partial charge in [-0.05, 0) is 65.6 Å². The van der Waals surface area contributed by atoms with Gasteiger partial charge >= 0.3 is 5.97 Å². The molecule has 0 amide bonds. The molecule has 0 bridgehead atoms. The summed E-state index contributed by atoms with van der Waals surface area (Å²) in [6.45, 7) is 2.03. The van der Waals surface area contributed by atoms with Crippen molar-refractivity contribution in [3.63, 3.8) is 0 Å². The third-order valence-corrected chi connectivity index (χ3v) is 4.07. The molecular formula is C17H17IO2. The first-order valence-electron chi connectivity index (χ1n) is 6.57. The quantitative estimate of drug-likeness (QED) is 0.794. The van der Waals surface area contributed by atoms with E-state index < -0.39 is 5.97 Å². The highest BCUT2D eigenvalue weighted by atomic mass is 127. The van der Waals surface area contributed by atoms with Gasteiger partial charge in [0.05, 0.1) is 5.92 Å². The van der Waals surface area contributed by atoms with E-state index in [1.807, 2.05) is 55.5 Å². The summed E-state index contributed by atoms with van der Waals surface area (Å²) in [6, 6.07) is 16.1. The van der Waals surface area contributed by atoms with Gasteiger partial charge in [0.15, 0.2) is 0 Å². The van der Waals surface area contributed by atoms with Crippen molar-refractivity contribution in [2.24, 2.45) is 5.92 Å². The minimum atomic E-state index is -0.732. The standard InChI is InChI=1S/C17H17IO2/c1-12-2-4-13(5-3-12)10-15(17(19)20)11-14-6-8-16(18)9-7-14/h2-9,15H,10-11H2,1H3,(H,19,20). The van der Waals surface area contributed by atoms with Crippen LogP contribution in [0.3, 0.4) is 0 Å². The fourth-order valence-corrected chi connectivity index (χ4v) is 2.52. The van der Waals surface area contributed by atoms with Crippen molar-refractivity contribution in [1.82, 2.24) is 0 Å². The number of benzene rings is 2. The predicted molar refractivity (Wildman–Crippen MR) is 88.9 cm³/mol. The molecular weight excluding hydrogens is 363 g/mol. The molecule has 0 aliphatic heterocycles. The lowest BCUT2D eigenvalue weighted by Gasteiger charge is -2.13. The molecule has 0 spiro atoms. The highest BCUT2D eigenvalue weighted by Gasteiger charge is 2.18. The lowest BCUT2D eigenvalue weighted by molar-refractivity contribution is -0.141. The second-order valence-corrected chi connectivity index (χ2v) is 6.30. The molecule has 0 saturated carbocycles. The molecule has 2 rings (SSSR count). The fourth-order valence-electron chi connectivity index (χ4n) is 2.16. The number of aryl methyl sites for hydroxylation is 1. The molecule has 1 N–H and O–H groups in total. The Kier molecular flexibility index (Phi) is 5.17. The number of hydrogen-bond donors (Lipinski definition) is 1. The maximum Gasteiger partial charge on any atom is 0.307 e. The van der Waals surface area contributed by atoms with Crippen LogP contribution in [0.25, 0.3) is 0 Å². The highest BCUT2D eigenvalue weighted by Crippen LogP contribution is 2.17. The van der Waals surface area contributed by atoms with Gasteiger partial charge in [-0.25, -0.2) is 0 Å². The summed E-state index contributed by atoms with van der Waals surface area (Å²) in [5, 5.41) is 9.40. The summed E-state index contributed by atoms with van der Waals surface area (Å²) >= 11 is 2.25. The van der Waals surface area contributed by atoms with E-state index in [0.717, 1.165) is 14.7 Å². The lowest BCUT2D eigenvalue weighted by atomic mass is 9.92. The number of carboxylic acid groups (broad SMARTS) is 1. The largest absolute Gasteiger partial charge is 0.481 e. The summed E-state index contributed by atoms with van der Waals surface area (Å²) in [6.07, 6.45) is 1.14. The van der Waals surface area contributed by atoms with Gasteiger partial charge in [0.25, 0.3) is 0 Å². The average molecular weight is 380 g/mol. The predicted octanol–water partition coefficient (Wildman–Crippen LogP) is 4.09. The summed E-state index contributed by atoms with van der Waals surface area (Å²) in [4.78, 5) is 11.4. The summed E-state index contributed by atoms with van der Waals surface area (Å²) < 4.78 is 1.16. The number of rotatable bonds is 5. The second-order valence-electron chi connectivity index (χ2n) is 5.06. The number of halogens is 1. The smallest absolute Gasteiger partial charge is 0.307 e. The minimum absolute atomic E-state index is 0.377. The number of aliphatic carboxylic acids is 1. The number of carbonyl (C=O) groups is 1. The van der Waals surface area contributed by atoms with Gasteiger partial charge < -0.3 is 5.11 Å². The van der Waals surface area contributed by atoms with Crippen LogP contribution in [0.4, 0.5) is 0 Å². The van der Waals surface area contributed by atoms with Gasteiger partial charge in [-0.3, -0.25) is 4.79 Å². The zero-order chi connectivity index (χ0) is 14.5. The summed E-state index contributed by atoms with van der Waals surface area (Å²) in [7, 11) is 0. The molecule has 0 saturated heterocycles. The van der Waals surface area contributed by atoms with Gasteiger partial charge in [-0.2, -0.15) is 0 Å². The first-order chi connectivity index (χ1) is 9.54. The molecule has 20 heavy (non-hydrogen) atoms. The zero-order valence-corrected chi connectivity index (χ0v) is 13.5. The van der Waals surface area contributed by atoms with Crippen molar-refractivity contribution in [3.05, 3.63) is 68.8 Å². The third kappa shape index (κ3) is 4.34. The molecule has 0 aromatic heterocycles. The molecule has 104 valence electrons. The van der Waals surface area contributed by atoms with Gasteiger partial charge in [0.1, 0.15) is 0 Å². The molecule has 2 aromatic rings. The van der Waals surface area contributed by atoms with Gasteiger partial charge in [-0.15, -0.1) is 0 Å². The summed E-state index contributed by atoms with van der Waals surface area (Å²) in [5.74, 6) is -1.11. The van der Waals surface area contributed by atoms with Crippen LogP contribution < -0.4 is 0 Å². The van der Waals surface area contributed by atoms with Gasteiger partial charge in [0.2, 0.25) is 0 Å². The Labute approximate surface area is 133 Å². The molecule has 0 aliphatic rings. The maximum absolute atomic E-state index is 11.4. The Morgan fingerprint density at radius 2 is 1.45 bits per heavy atom. The van der Waals surface area contributed by atoms with Gasteiger partial charge in [0, 0.05) is 3.57 Å². The first-order valence-corrected chi connectivity index (χ1v) is 7.65. The van der Waals surface area contributed by atoms with Crippen LogP contribution in [0.5, 0.6) is 0 Å². The third-order valence-electron chi connectivity index (χ3n) is 3.35. The van der Waals surface area contributed by atoms with Crippen LogP contribution in [0.1, 0.15) is 16.7 Å². The van der Waals surface area contributed by atoms with Crippen LogP contribution in [0.15, 0.2) is 48.5 Å². The molecule has 0 aliphatic carbocycles. The van der Waals surface area contributed by atoms with Gasteiger partial charge in [-0.1, -0.05) is 42.0 Å². The molecule has 0 radical (unpaired) electrons. The van der Waals surface area contributed by atoms with E-state index in [2.05, 4.69) is 22.6 Å². The van der Waals surface area contributed by atoms with Crippen molar-refractivity contribution in [3.8, 4) is 0 Å². The number of carboxylic acids is 1. The molecule has 0 fully saturated rings. The molecule has 1 unspecified atom stereocenters. The van der Waals surface area contributed by atoms with E-state index in [1.165, 1.54) is 5.56 Å². The minimum Gasteiger partial charge on any atom is -0.481 e. The molecule has 3 heteroatoms. The Balaban J connectivity index is 2.09. The van der Waals surface area contributed by atoms with E-state index in [-0.39, 0.29) is 5.92 Å². The molecule has 1 atom stereocenters. The van der Waals surface area contributed by atoms with Crippen LogP contribution in [0.2, 0.25) is 0 Å². The van der Waals surface area contributed by atoms with Crippen molar-refractivity contribution < 1.29 is 9.90 Å². The van der Waals surface area contributed by atoms with E-state index in [9.17, 15) is 9.90 Å². The molecule has 2 aromatic carbocycles. The SMILES string of the molecule is Cc1ccc(CC(Cc2ccc(I)cc2)C(=O)O)cc1. The molecule has 0 heterocycles. The van der Waals surface area contributed by atoms with Crippen LogP contribution in [-0.2, 0) is 17.6 Å². The maximum atomic E-state index is 11.4. The van der Waals surface area contributed by atoms with Crippen molar-refractivity contribution >= 4 is 28.6 Å². The van der Waals surface area contributed by atoms with E-state index in [0.29, 0.717) is 12.8 Å². The van der Waals surface area contributed by atoms with E-state index >= 15 is 0 Å². The first kappa shape index (κ1) is 15.0. The van der Waals surface area contributed by atoms with Crippen molar-refractivity contribution in [1.29, 1.82) is 0 Å². The monoisotopic (exact) mass is 380 g/mol. The fraction of sp³-hybridized carbons (Fsp3) is 0.235. The molecule has 2 nitrogen and oxygen atoms in total. The Morgan fingerprint density at radius 3 is 1.90 bits per heavy atom. The van der Waals surface area contributed by atoms with E-state index in [4.69, 9.17) is 0 Å². The normalized spacial score (nSPS) is 12.1. The van der Waals surface area contributed by atoms with Crippen LogP contribution >= 0.6 is 22.6 Å². The number of hydrogen-bond acceptors (Lipinski definition) is 1. The second kappa shape index (κ2) is 6.88. The lowest BCUT2D eigenvalue weighted by Crippen LogP contribution is -2.19. The van der Waals surface area contributed by atoms with Crippen molar-refractivity contribution in [2.45, 2.75) is 19.8 Å². The zero-order valence-electron chi connectivity index (χ0n) is 11.3. The van der Waals surface area contributed by atoms with Crippen LogP contribution in [-0.4, -0.2) is 11.1 Å². The Morgan fingerprint density at radius 1 is 1.00 bits per heavy atom. The average Bonchev–Trinajstić information content (AvgIpc) is 2.42.